The van der Waals surface area contributed by atoms with Crippen LogP contribution in [0, 0.1) is 5.41 Å². The molecule has 2 aliphatic heterocycles. The van der Waals surface area contributed by atoms with E-state index in [0.717, 1.165) is 34.6 Å². The molecule has 3 amide bonds. The van der Waals surface area contributed by atoms with E-state index < -0.39 is 44.8 Å². The number of sulfonamides is 1. The Morgan fingerprint density at radius 2 is 1.74 bits per heavy atom. The van der Waals surface area contributed by atoms with Crippen LogP contribution in [0.1, 0.15) is 62.4 Å². The van der Waals surface area contributed by atoms with E-state index in [0.29, 0.717) is 45.3 Å². The molecule has 10 nitrogen and oxygen atoms in total. The number of hydrogen-bond acceptors (Lipinski definition) is 6. The van der Waals surface area contributed by atoms with Gasteiger partial charge in [0.25, 0.3) is 15.9 Å². The molecule has 0 bridgehead atoms. The van der Waals surface area contributed by atoms with Crippen molar-refractivity contribution in [2.24, 2.45) is 5.41 Å². The minimum atomic E-state index is -4.70. The lowest BCUT2D eigenvalue weighted by atomic mass is 9.73. The summed E-state index contributed by atoms with van der Waals surface area (Å²) in [6.07, 6.45) is -0.307. The van der Waals surface area contributed by atoms with Crippen LogP contribution in [-0.2, 0) is 25.7 Å². The summed E-state index contributed by atoms with van der Waals surface area (Å²) in [4.78, 5) is 42.8. The maximum atomic E-state index is 13.9. The number of rotatable bonds is 11. The first kappa shape index (κ1) is 38.8. The highest BCUT2D eigenvalue weighted by Crippen LogP contribution is 2.40. The smallest absolute Gasteiger partial charge is 0.416 e. The van der Waals surface area contributed by atoms with E-state index in [1.807, 2.05) is 0 Å². The van der Waals surface area contributed by atoms with E-state index in [4.69, 9.17) is 16.3 Å². The van der Waals surface area contributed by atoms with Gasteiger partial charge in [-0.1, -0.05) is 29.8 Å². The number of piperidine rings is 1. The van der Waals surface area contributed by atoms with Gasteiger partial charge < -0.3 is 19.9 Å². The van der Waals surface area contributed by atoms with Gasteiger partial charge in [-0.05, 0) is 82.9 Å². The highest BCUT2D eigenvalue weighted by atomic mass is 35.5. The third-order valence-corrected chi connectivity index (χ3v) is 10.9. The Hall–Kier alpha value is -4.04. The summed E-state index contributed by atoms with van der Waals surface area (Å²) in [5.74, 6) is -0.776. The molecule has 0 aliphatic carbocycles. The van der Waals surface area contributed by atoms with Gasteiger partial charge in [0.05, 0.1) is 44.7 Å². The van der Waals surface area contributed by atoms with Crippen molar-refractivity contribution in [3.05, 3.63) is 83.9 Å². The maximum Gasteiger partial charge on any atom is 0.416 e. The summed E-state index contributed by atoms with van der Waals surface area (Å²) in [6.45, 7) is 13.7. The molecule has 15 heteroatoms. The van der Waals surface area contributed by atoms with E-state index in [9.17, 15) is 36.0 Å². The van der Waals surface area contributed by atoms with Gasteiger partial charge in [0.2, 0.25) is 5.91 Å². The van der Waals surface area contributed by atoms with Crippen LogP contribution in [0.15, 0.2) is 72.7 Å². The highest BCUT2D eigenvalue weighted by molar-refractivity contribution is 7.92. The maximum absolute atomic E-state index is 13.9. The predicted octanol–water partition coefficient (Wildman–Crippen LogP) is 6.66. The summed E-state index contributed by atoms with van der Waals surface area (Å²) >= 11 is 6.31. The van der Waals surface area contributed by atoms with Gasteiger partial charge in [-0.3, -0.25) is 13.9 Å². The van der Waals surface area contributed by atoms with Crippen molar-refractivity contribution in [2.75, 3.05) is 37.0 Å². The monoisotopic (exact) mass is 738 g/mol. The number of nitrogens with zero attached hydrogens (tertiary/aromatic N) is 3. The normalized spacial score (nSPS) is 17.7. The van der Waals surface area contributed by atoms with Crippen molar-refractivity contribution >= 4 is 45.2 Å². The Bertz CT molecular complexity index is 1740. The zero-order chi connectivity index (χ0) is 37.1. The van der Waals surface area contributed by atoms with Gasteiger partial charge in [-0.2, -0.15) is 13.2 Å². The number of carbonyl (C=O) groups excluding carboxylic acids is 3. The van der Waals surface area contributed by atoms with E-state index >= 15 is 0 Å². The largest absolute Gasteiger partial charge is 0.444 e. The van der Waals surface area contributed by atoms with Gasteiger partial charge in [0, 0.05) is 26.2 Å². The van der Waals surface area contributed by atoms with Crippen molar-refractivity contribution in [1.29, 1.82) is 0 Å². The quantitative estimate of drug-likeness (QED) is 0.258. The molecule has 2 heterocycles. The first-order chi connectivity index (χ1) is 23.3. The third kappa shape index (κ3) is 8.63. The van der Waals surface area contributed by atoms with Crippen molar-refractivity contribution < 1.29 is 40.7 Å². The van der Waals surface area contributed by atoms with E-state index in [1.54, 1.807) is 36.6 Å². The number of allylic oxidation sites excluding steroid dienone is 1. The summed E-state index contributed by atoms with van der Waals surface area (Å²) < 4.78 is 73.8. The van der Waals surface area contributed by atoms with Crippen LogP contribution in [0.5, 0.6) is 0 Å². The fraction of sp³-hybridized carbons (Fsp3) is 0.457. The number of nitrogens with one attached hydrogen (secondary N) is 1. The number of amides is 3. The van der Waals surface area contributed by atoms with E-state index in [2.05, 4.69) is 18.5 Å². The van der Waals surface area contributed by atoms with Crippen LogP contribution in [0.3, 0.4) is 0 Å². The van der Waals surface area contributed by atoms with Crippen LogP contribution in [0.2, 0.25) is 5.02 Å². The van der Waals surface area contributed by atoms with Crippen LogP contribution >= 0.6 is 11.6 Å². The minimum Gasteiger partial charge on any atom is -0.444 e. The van der Waals surface area contributed by atoms with Gasteiger partial charge in [-0.15, -0.1) is 13.2 Å². The van der Waals surface area contributed by atoms with Crippen molar-refractivity contribution in [2.45, 2.75) is 69.2 Å². The van der Waals surface area contributed by atoms with Gasteiger partial charge in [0.15, 0.2) is 0 Å². The average molecular weight is 739 g/mol. The molecular weight excluding hydrogens is 697 g/mol. The molecule has 4 rings (SSSR count). The van der Waals surface area contributed by atoms with Gasteiger partial charge in [0.1, 0.15) is 5.60 Å². The molecule has 2 aliphatic rings. The molecule has 2 aromatic carbocycles. The van der Waals surface area contributed by atoms with Crippen molar-refractivity contribution in [3.63, 3.8) is 0 Å². The van der Waals surface area contributed by atoms with Gasteiger partial charge >= 0.3 is 12.3 Å². The molecule has 2 aromatic rings. The topological polar surface area (TPSA) is 116 Å². The lowest BCUT2D eigenvalue weighted by Gasteiger charge is -2.49. The number of halogens is 4. The highest BCUT2D eigenvalue weighted by Gasteiger charge is 2.47. The lowest BCUT2D eigenvalue weighted by Crippen LogP contribution is -2.61. The zero-order valence-electron chi connectivity index (χ0n) is 28.3. The Morgan fingerprint density at radius 1 is 1.06 bits per heavy atom. The molecule has 0 spiro atoms. The number of likely N-dealkylation sites (tertiary alicyclic amines) is 2. The van der Waals surface area contributed by atoms with Crippen molar-refractivity contribution in [1.82, 2.24) is 15.1 Å². The number of carbonyl (C=O) groups is 3. The molecule has 2 saturated heterocycles. The summed E-state index contributed by atoms with van der Waals surface area (Å²) in [6, 6.07) is 7.02. The Kier molecular flexibility index (Phi) is 11.7. The van der Waals surface area contributed by atoms with Crippen LogP contribution in [0.25, 0.3) is 0 Å². The van der Waals surface area contributed by atoms with Crippen molar-refractivity contribution in [3.8, 4) is 0 Å². The standard InChI is InChI=1S/C35H42ClF3N4O6S/c1-6-14-34(15-19-41(20-16-34)32(46)49-33(3,4)5)31(45)42-18-13-26(42)23-40-30(44)28-22-27(11-12-29(28)36)50(47,48)43(17-7-2)25-10-8-9-24(21-25)35(37,38)39/h6-12,21-22,26H,1-2,13-20,23H2,3-5H3,(H,40,44). The Balaban J connectivity index is 1.46. The number of alkyl halides is 3. The molecule has 0 saturated carbocycles. The second-order valence-electron chi connectivity index (χ2n) is 13.4. The molecule has 0 aromatic heterocycles. The fourth-order valence-corrected chi connectivity index (χ4v) is 7.68. The third-order valence-electron chi connectivity index (χ3n) is 8.79. The molecule has 1 atom stereocenters. The molecular formula is C35H42ClF3N4O6S. The Morgan fingerprint density at radius 3 is 2.30 bits per heavy atom. The number of hydrogen-bond donors (Lipinski definition) is 1. The SMILES string of the molecule is C=CCN(c1cccc(C(F)(F)F)c1)S(=O)(=O)c1ccc(Cl)c(C(=O)NCC2CCN2C(=O)C2(CC=C)CCN(C(=O)OC(C)(C)C)CC2)c1. The summed E-state index contributed by atoms with van der Waals surface area (Å²) in [5.41, 5.74) is -2.83. The first-order valence-corrected chi connectivity index (χ1v) is 17.9. The molecule has 50 heavy (non-hydrogen) atoms. The van der Waals surface area contributed by atoms with Crippen LogP contribution < -0.4 is 9.62 Å². The fourth-order valence-electron chi connectivity index (χ4n) is 6.02. The number of anilines is 1. The minimum absolute atomic E-state index is 0.0426. The molecule has 1 unspecified atom stereocenters. The second kappa shape index (κ2) is 15.1. The molecule has 272 valence electrons. The summed E-state index contributed by atoms with van der Waals surface area (Å²) in [7, 11) is -4.48. The Labute approximate surface area is 295 Å². The van der Waals surface area contributed by atoms with Crippen LogP contribution in [0.4, 0.5) is 23.7 Å². The molecule has 0 radical (unpaired) electrons. The second-order valence-corrected chi connectivity index (χ2v) is 15.7. The average Bonchev–Trinajstić information content (AvgIpc) is 3.02. The number of ether oxygens (including phenoxy) is 1. The van der Waals surface area contributed by atoms with Gasteiger partial charge in [-0.25, -0.2) is 13.2 Å². The van der Waals surface area contributed by atoms with Crippen LogP contribution in [-0.4, -0.2) is 80.5 Å². The van der Waals surface area contributed by atoms with E-state index in [1.165, 1.54) is 18.2 Å². The molecule has 1 N–H and O–H groups in total. The first-order valence-electron chi connectivity index (χ1n) is 16.1. The zero-order valence-corrected chi connectivity index (χ0v) is 29.8. The number of benzene rings is 2. The summed E-state index contributed by atoms with van der Waals surface area (Å²) in [5, 5.41) is 2.71. The molecule has 2 fully saturated rings. The van der Waals surface area contributed by atoms with E-state index in [-0.39, 0.29) is 46.2 Å². The lowest BCUT2D eigenvalue weighted by molar-refractivity contribution is -0.153. The predicted molar refractivity (Wildman–Crippen MR) is 184 cm³/mol.